The molecule has 0 aliphatic rings. The van der Waals surface area contributed by atoms with Crippen molar-refractivity contribution in [1.29, 1.82) is 0 Å². The minimum absolute atomic E-state index is 0.0675. The first-order valence-corrected chi connectivity index (χ1v) is 7.09. The van der Waals surface area contributed by atoms with Crippen molar-refractivity contribution in [1.82, 2.24) is 5.32 Å². The first-order valence-electron chi connectivity index (χ1n) is 7.09. The van der Waals surface area contributed by atoms with Crippen LogP contribution in [0.4, 0.5) is 0 Å². The van der Waals surface area contributed by atoms with Crippen LogP contribution in [0.2, 0.25) is 0 Å². The summed E-state index contributed by atoms with van der Waals surface area (Å²) in [6, 6.07) is 8.34. The van der Waals surface area contributed by atoms with Gasteiger partial charge < -0.3 is 11.1 Å². The zero-order valence-corrected chi connectivity index (χ0v) is 12.3. The molecule has 1 unspecified atom stereocenters. The van der Waals surface area contributed by atoms with E-state index in [0.717, 1.165) is 18.4 Å². The summed E-state index contributed by atoms with van der Waals surface area (Å²) in [7, 11) is 0. The van der Waals surface area contributed by atoms with Gasteiger partial charge in [-0.15, -0.1) is 0 Å². The van der Waals surface area contributed by atoms with E-state index in [1.54, 1.807) is 0 Å². The first-order chi connectivity index (χ1) is 9.02. The van der Waals surface area contributed by atoms with Crippen molar-refractivity contribution in [3.05, 3.63) is 35.4 Å². The molecule has 1 rings (SSSR count). The molecule has 0 spiro atoms. The molecule has 0 bridgehead atoms. The fraction of sp³-hybridized carbons (Fsp3) is 0.562. The number of carbonyl (C=O) groups is 1. The maximum Gasteiger partial charge on any atom is 0.220 e. The van der Waals surface area contributed by atoms with Crippen molar-refractivity contribution in [2.45, 2.75) is 46.1 Å². The predicted molar refractivity (Wildman–Crippen MR) is 79.8 cm³/mol. The lowest BCUT2D eigenvalue weighted by molar-refractivity contribution is -0.122. The molecule has 0 saturated heterocycles. The molecule has 1 amide bonds. The van der Waals surface area contributed by atoms with Gasteiger partial charge in [-0.1, -0.05) is 36.8 Å². The lowest BCUT2D eigenvalue weighted by atomic mass is 10.0. The molecule has 1 aromatic carbocycles. The summed E-state index contributed by atoms with van der Waals surface area (Å²) < 4.78 is 0. The smallest absolute Gasteiger partial charge is 0.220 e. The molecule has 0 aromatic heterocycles. The number of aryl methyl sites for hydroxylation is 1. The highest BCUT2D eigenvalue weighted by Gasteiger charge is 2.10. The Hall–Kier alpha value is -1.35. The highest BCUT2D eigenvalue weighted by atomic mass is 16.1. The van der Waals surface area contributed by atoms with Gasteiger partial charge in [-0.05, 0) is 44.7 Å². The summed E-state index contributed by atoms with van der Waals surface area (Å²) in [5.41, 5.74) is 7.89. The van der Waals surface area contributed by atoms with Crippen molar-refractivity contribution >= 4 is 5.91 Å². The molecule has 0 fully saturated rings. The lowest BCUT2D eigenvalue weighted by Gasteiger charge is -2.15. The molecular weight excluding hydrogens is 236 g/mol. The summed E-state index contributed by atoms with van der Waals surface area (Å²) in [4.78, 5) is 11.9. The van der Waals surface area contributed by atoms with E-state index < -0.39 is 0 Å². The van der Waals surface area contributed by atoms with Gasteiger partial charge in [-0.3, -0.25) is 4.79 Å². The molecule has 19 heavy (non-hydrogen) atoms. The van der Waals surface area contributed by atoms with Crippen molar-refractivity contribution in [3.63, 3.8) is 0 Å². The van der Waals surface area contributed by atoms with E-state index in [1.807, 2.05) is 6.92 Å². The Bertz CT molecular complexity index is 386. The molecule has 0 aliphatic heterocycles. The van der Waals surface area contributed by atoms with Crippen LogP contribution in [-0.4, -0.2) is 12.5 Å². The Kier molecular flexibility index (Phi) is 6.57. The van der Waals surface area contributed by atoms with E-state index >= 15 is 0 Å². The van der Waals surface area contributed by atoms with E-state index in [1.165, 1.54) is 5.56 Å². The highest BCUT2D eigenvalue weighted by Crippen LogP contribution is 2.14. The predicted octanol–water partition coefficient (Wildman–Crippen LogP) is 2.94. The van der Waals surface area contributed by atoms with E-state index in [9.17, 15) is 4.79 Å². The first kappa shape index (κ1) is 15.7. The van der Waals surface area contributed by atoms with E-state index in [2.05, 4.69) is 43.4 Å². The van der Waals surface area contributed by atoms with Crippen LogP contribution in [-0.2, 0) is 4.79 Å². The van der Waals surface area contributed by atoms with Gasteiger partial charge in [0.25, 0.3) is 0 Å². The number of hydrogen-bond donors (Lipinski definition) is 2. The summed E-state index contributed by atoms with van der Waals surface area (Å²) in [6.07, 6.45) is 2.47. The SMILES string of the molecule is Cc1ccc([C@H](C)NC(=O)CCC(C)CCN)cc1. The van der Waals surface area contributed by atoms with Crippen molar-refractivity contribution < 1.29 is 4.79 Å². The largest absolute Gasteiger partial charge is 0.350 e. The van der Waals surface area contributed by atoms with Crippen molar-refractivity contribution in [2.24, 2.45) is 11.7 Å². The van der Waals surface area contributed by atoms with E-state index in [-0.39, 0.29) is 11.9 Å². The maximum atomic E-state index is 11.9. The molecule has 0 radical (unpaired) electrons. The van der Waals surface area contributed by atoms with Crippen LogP contribution in [0.5, 0.6) is 0 Å². The molecule has 2 atom stereocenters. The van der Waals surface area contributed by atoms with Gasteiger partial charge in [0, 0.05) is 6.42 Å². The van der Waals surface area contributed by atoms with Crippen molar-refractivity contribution in [3.8, 4) is 0 Å². The number of nitrogens with one attached hydrogen (secondary N) is 1. The van der Waals surface area contributed by atoms with Crippen LogP contribution in [0.15, 0.2) is 24.3 Å². The Morgan fingerprint density at radius 3 is 2.42 bits per heavy atom. The summed E-state index contributed by atoms with van der Waals surface area (Å²) in [5, 5.41) is 3.04. The second-order valence-electron chi connectivity index (χ2n) is 5.42. The fourth-order valence-electron chi connectivity index (χ4n) is 2.06. The topological polar surface area (TPSA) is 55.1 Å². The van der Waals surface area contributed by atoms with Crippen LogP contribution < -0.4 is 11.1 Å². The number of benzene rings is 1. The zero-order valence-electron chi connectivity index (χ0n) is 12.3. The molecule has 0 aliphatic carbocycles. The summed E-state index contributed by atoms with van der Waals surface area (Å²) >= 11 is 0. The fourth-order valence-corrected chi connectivity index (χ4v) is 2.06. The minimum Gasteiger partial charge on any atom is -0.350 e. The second-order valence-corrected chi connectivity index (χ2v) is 5.42. The van der Waals surface area contributed by atoms with Gasteiger partial charge in [0.2, 0.25) is 5.91 Å². The Morgan fingerprint density at radius 2 is 1.84 bits per heavy atom. The standard InChI is InChI=1S/C16H26N2O/c1-12-4-7-15(8-5-12)14(3)18-16(19)9-6-13(2)10-11-17/h4-5,7-8,13-14H,6,9-11,17H2,1-3H3,(H,18,19)/t13?,14-/m0/s1. The van der Waals surface area contributed by atoms with Crippen LogP contribution in [0.25, 0.3) is 0 Å². The molecule has 0 heterocycles. The minimum atomic E-state index is 0.0675. The molecule has 3 N–H and O–H groups in total. The number of nitrogens with two attached hydrogens (primary N) is 1. The monoisotopic (exact) mass is 262 g/mol. The number of hydrogen-bond acceptors (Lipinski definition) is 2. The molecule has 106 valence electrons. The zero-order chi connectivity index (χ0) is 14.3. The van der Waals surface area contributed by atoms with Gasteiger partial charge in [0.05, 0.1) is 6.04 Å². The van der Waals surface area contributed by atoms with Crippen LogP contribution in [0.3, 0.4) is 0 Å². The second kappa shape index (κ2) is 7.95. The van der Waals surface area contributed by atoms with E-state index in [4.69, 9.17) is 5.73 Å². The van der Waals surface area contributed by atoms with Gasteiger partial charge in [-0.25, -0.2) is 0 Å². The third-order valence-corrected chi connectivity index (χ3v) is 3.48. The highest BCUT2D eigenvalue weighted by molar-refractivity contribution is 5.76. The van der Waals surface area contributed by atoms with Crippen LogP contribution >= 0.6 is 0 Å². The lowest BCUT2D eigenvalue weighted by Crippen LogP contribution is -2.26. The molecule has 3 nitrogen and oxygen atoms in total. The molecule has 1 aromatic rings. The Morgan fingerprint density at radius 1 is 1.21 bits per heavy atom. The maximum absolute atomic E-state index is 11.9. The number of amides is 1. The third-order valence-electron chi connectivity index (χ3n) is 3.48. The van der Waals surface area contributed by atoms with Gasteiger partial charge >= 0.3 is 0 Å². The van der Waals surface area contributed by atoms with Gasteiger partial charge in [0.1, 0.15) is 0 Å². The van der Waals surface area contributed by atoms with Gasteiger partial charge in [0.15, 0.2) is 0 Å². The number of carbonyl (C=O) groups excluding carboxylic acids is 1. The quantitative estimate of drug-likeness (QED) is 0.793. The molecule has 0 saturated carbocycles. The Labute approximate surface area is 116 Å². The normalized spacial score (nSPS) is 13.9. The number of rotatable bonds is 7. The van der Waals surface area contributed by atoms with Gasteiger partial charge in [-0.2, -0.15) is 0 Å². The Balaban J connectivity index is 2.37. The molecule has 3 heteroatoms. The average Bonchev–Trinajstić information content (AvgIpc) is 2.37. The molecular formula is C16H26N2O. The van der Waals surface area contributed by atoms with E-state index in [0.29, 0.717) is 18.9 Å². The van der Waals surface area contributed by atoms with Crippen LogP contribution in [0.1, 0.15) is 50.3 Å². The van der Waals surface area contributed by atoms with Crippen LogP contribution in [0, 0.1) is 12.8 Å². The third kappa shape index (κ3) is 5.88. The summed E-state index contributed by atoms with van der Waals surface area (Å²) in [5.74, 6) is 0.641. The average molecular weight is 262 g/mol. The van der Waals surface area contributed by atoms with Crippen molar-refractivity contribution in [2.75, 3.05) is 6.54 Å². The summed E-state index contributed by atoms with van der Waals surface area (Å²) in [6.45, 7) is 6.92.